The lowest BCUT2D eigenvalue weighted by Gasteiger charge is -2.13. The van der Waals surface area contributed by atoms with E-state index < -0.39 is 16.0 Å². The van der Waals surface area contributed by atoms with Crippen LogP contribution in [0.25, 0.3) is 0 Å². The van der Waals surface area contributed by atoms with Crippen LogP contribution in [0.3, 0.4) is 0 Å². The van der Waals surface area contributed by atoms with E-state index in [9.17, 15) is 18.0 Å². The minimum absolute atomic E-state index is 0.0392. The van der Waals surface area contributed by atoms with Gasteiger partial charge in [0.25, 0.3) is 10.0 Å². The first-order chi connectivity index (χ1) is 13.2. The Morgan fingerprint density at radius 3 is 2.46 bits per heavy atom. The summed E-state index contributed by atoms with van der Waals surface area (Å²) in [7, 11) is -2.62. The van der Waals surface area contributed by atoms with Gasteiger partial charge in [0.05, 0.1) is 34.9 Å². The van der Waals surface area contributed by atoms with Crippen LogP contribution in [-0.4, -0.2) is 34.0 Å². The molecule has 2 aromatic carbocycles. The van der Waals surface area contributed by atoms with Crippen LogP contribution in [0, 0.1) is 0 Å². The number of ether oxygens (including phenoxy) is 2. The van der Waals surface area contributed by atoms with Gasteiger partial charge in [-0.15, -0.1) is 0 Å². The molecule has 1 amide bonds. The molecule has 0 radical (unpaired) electrons. The number of benzene rings is 2. The van der Waals surface area contributed by atoms with Crippen LogP contribution in [0.1, 0.15) is 24.2 Å². The number of carbonyl (C=O) groups excluding carboxylic acids is 2. The first kappa shape index (κ1) is 21.5. The molecule has 0 aliphatic rings. The van der Waals surface area contributed by atoms with Crippen LogP contribution in [-0.2, 0) is 19.6 Å². The molecule has 2 aromatic rings. The summed E-state index contributed by atoms with van der Waals surface area (Å²) in [6.45, 7) is 3.10. The predicted octanol–water partition coefficient (Wildman–Crippen LogP) is 3.28. The third kappa shape index (κ3) is 5.14. The average molecular weight is 427 g/mol. The van der Waals surface area contributed by atoms with Crippen molar-refractivity contribution >= 4 is 44.9 Å². The Bertz CT molecular complexity index is 1010. The fourth-order valence-corrected chi connectivity index (χ4v) is 3.58. The molecule has 0 heterocycles. The summed E-state index contributed by atoms with van der Waals surface area (Å²) >= 11 is 5.99. The van der Waals surface area contributed by atoms with Gasteiger partial charge in [-0.2, -0.15) is 0 Å². The zero-order chi connectivity index (χ0) is 20.9. The van der Waals surface area contributed by atoms with Gasteiger partial charge in [0.15, 0.2) is 0 Å². The van der Waals surface area contributed by atoms with Crippen molar-refractivity contribution in [3.63, 3.8) is 0 Å². The number of halogens is 1. The normalized spacial score (nSPS) is 10.9. The Hall–Kier alpha value is -2.78. The van der Waals surface area contributed by atoms with E-state index in [2.05, 4.69) is 10.0 Å². The number of amides is 1. The summed E-state index contributed by atoms with van der Waals surface area (Å²) in [6, 6.07) is 8.12. The molecule has 0 aromatic heterocycles. The summed E-state index contributed by atoms with van der Waals surface area (Å²) in [5, 5.41) is 2.65. The van der Waals surface area contributed by atoms with E-state index >= 15 is 0 Å². The highest BCUT2D eigenvalue weighted by atomic mass is 35.5. The molecule has 0 saturated heterocycles. The maximum Gasteiger partial charge on any atom is 0.339 e. The van der Waals surface area contributed by atoms with E-state index in [0.717, 1.165) is 0 Å². The van der Waals surface area contributed by atoms with Gasteiger partial charge in [-0.1, -0.05) is 11.6 Å². The van der Waals surface area contributed by atoms with Gasteiger partial charge in [-0.3, -0.25) is 9.52 Å². The number of hydrogen-bond donors (Lipinski definition) is 2. The monoisotopic (exact) mass is 426 g/mol. The van der Waals surface area contributed by atoms with Gasteiger partial charge >= 0.3 is 5.97 Å². The smallest absolute Gasteiger partial charge is 0.339 e. The first-order valence-electron chi connectivity index (χ1n) is 8.13. The quantitative estimate of drug-likeness (QED) is 0.657. The van der Waals surface area contributed by atoms with Gasteiger partial charge in [-0.25, -0.2) is 13.2 Å². The molecule has 150 valence electrons. The number of sulfonamides is 1. The third-order valence-electron chi connectivity index (χ3n) is 3.51. The Morgan fingerprint density at radius 1 is 1.14 bits per heavy atom. The summed E-state index contributed by atoms with van der Waals surface area (Å²) in [5.74, 6) is -0.728. The average Bonchev–Trinajstić information content (AvgIpc) is 2.62. The number of rotatable bonds is 7. The number of hydrogen-bond acceptors (Lipinski definition) is 6. The molecule has 0 unspecified atom stereocenters. The van der Waals surface area contributed by atoms with Gasteiger partial charge in [0, 0.05) is 12.6 Å². The van der Waals surface area contributed by atoms with Gasteiger partial charge in [-0.05, 0) is 43.3 Å². The molecule has 0 fully saturated rings. The predicted molar refractivity (Wildman–Crippen MR) is 106 cm³/mol. The lowest BCUT2D eigenvalue weighted by atomic mass is 10.2. The summed E-state index contributed by atoms with van der Waals surface area (Å²) in [4.78, 5) is 23.2. The molecule has 0 atom stereocenters. The Morgan fingerprint density at radius 2 is 1.86 bits per heavy atom. The van der Waals surface area contributed by atoms with Crippen molar-refractivity contribution in [2.75, 3.05) is 23.8 Å². The van der Waals surface area contributed by atoms with Gasteiger partial charge < -0.3 is 14.8 Å². The lowest BCUT2D eigenvalue weighted by Crippen LogP contribution is -2.15. The second-order valence-corrected chi connectivity index (χ2v) is 7.65. The maximum atomic E-state index is 12.7. The van der Waals surface area contributed by atoms with E-state index in [-0.39, 0.29) is 39.4 Å². The van der Waals surface area contributed by atoms with Crippen molar-refractivity contribution in [1.29, 1.82) is 0 Å². The van der Waals surface area contributed by atoms with Crippen molar-refractivity contribution < 1.29 is 27.5 Å². The Balaban J connectivity index is 2.37. The molecule has 0 aliphatic heterocycles. The molecule has 8 nitrogen and oxygen atoms in total. The van der Waals surface area contributed by atoms with Crippen LogP contribution in [0.2, 0.25) is 5.02 Å². The van der Waals surface area contributed by atoms with E-state index in [1.807, 2.05) is 0 Å². The van der Waals surface area contributed by atoms with E-state index in [0.29, 0.717) is 5.75 Å². The zero-order valence-corrected chi connectivity index (χ0v) is 17.0. The van der Waals surface area contributed by atoms with Crippen LogP contribution < -0.4 is 14.8 Å². The minimum atomic E-state index is -4.02. The van der Waals surface area contributed by atoms with Crippen molar-refractivity contribution in [1.82, 2.24) is 0 Å². The molecule has 0 bridgehead atoms. The second-order valence-electron chi connectivity index (χ2n) is 5.56. The van der Waals surface area contributed by atoms with Crippen molar-refractivity contribution in [3.8, 4) is 5.75 Å². The standard InChI is InChI=1S/C18H19ClN2O6S/c1-4-27-18(23)14-9-12(5-7-15(14)19)21-28(24,25)13-6-8-17(26-3)16(10-13)20-11(2)22/h5-10,21H,4H2,1-3H3,(H,20,22). The van der Waals surface area contributed by atoms with Crippen LogP contribution >= 0.6 is 11.6 Å². The number of esters is 1. The van der Waals surface area contributed by atoms with E-state index in [1.165, 1.54) is 50.4 Å². The van der Waals surface area contributed by atoms with Crippen molar-refractivity contribution in [2.45, 2.75) is 18.7 Å². The molecular weight excluding hydrogens is 408 g/mol. The third-order valence-corrected chi connectivity index (χ3v) is 5.21. The lowest BCUT2D eigenvalue weighted by molar-refractivity contribution is -0.114. The first-order valence-corrected chi connectivity index (χ1v) is 9.99. The van der Waals surface area contributed by atoms with Crippen LogP contribution in [0.5, 0.6) is 5.75 Å². The van der Waals surface area contributed by atoms with Crippen LogP contribution in [0.15, 0.2) is 41.3 Å². The van der Waals surface area contributed by atoms with Crippen molar-refractivity contribution in [3.05, 3.63) is 47.0 Å². The minimum Gasteiger partial charge on any atom is -0.495 e. The zero-order valence-electron chi connectivity index (χ0n) is 15.4. The van der Waals surface area contributed by atoms with Gasteiger partial charge in [0.1, 0.15) is 5.75 Å². The molecule has 0 saturated carbocycles. The van der Waals surface area contributed by atoms with Gasteiger partial charge in [0.2, 0.25) is 5.91 Å². The molecule has 0 aliphatic carbocycles. The van der Waals surface area contributed by atoms with Crippen molar-refractivity contribution in [2.24, 2.45) is 0 Å². The highest BCUT2D eigenvalue weighted by Gasteiger charge is 2.19. The molecule has 2 rings (SSSR count). The number of methoxy groups -OCH3 is 1. The summed E-state index contributed by atoms with van der Waals surface area (Å²) in [5.41, 5.74) is 0.378. The number of nitrogens with one attached hydrogen (secondary N) is 2. The second kappa shape index (κ2) is 8.94. The highest BCUT2D eigenvalue weighted by molar-refractivity contribution is 7.92. The number of anilines is 2. The van der Waals surface area contributed by atoms with E-state index in [4.69, 9.17) is 21.1 Å². The fraction of sp³-hybridized carbons (Fsp3) is 0.222. The topological polar surface area (TPSA) is 111 Å². The SMILES string of the molecule is CCOC(=O)c1cc(NS(=O)(=O)c2ccc(OC)c(NC(C)=O)c2)ccc1Cl. The van der Waals surface area contributed by atoms with Crippen LogP contribution in [0.4, 0.5) is 11.4 Å². The highest BCUT2D eigenvalue weighted by Crippen LogP contribution is 2.29. The molecule has 2 N–H and O–H groups in total. The molecular formula is C18H19ClN2O6S. The fourth-order valence-electron chi connectivity index (χ4n) is 2.31. The molecule has 0 spiro atoms. The summed E-state index contributed by atoms with van der Waals surface area (Å²) in [6.07, 6.45) is 0. The molecule has 10 heteroatoms. The largest absolute Gasteiger partial charge is 0.495 e. The molecule has 28 heavy (non-hydrogen) atoms. The Kier molecular flexibility index (Phi) is 6.87. The maximum absolute atomic E-state index is 12.7. The summed E-state index contributed by atoms with van der Waals surface area (Å²) < 4.78 is 37.8. The number of carbonyl (C=O) groups is 2. The Labute approximate surface area is 167 Å². The van der Waals surface area contributed by atoms with E-state index in [1.54, 1.807) is 6.92 Å².